The van der Waals surface area contributed by atoms with Crippen LogP contribution in [0.3, 0.4) is 0 Å². The number of nitrogens with two attached hydrogens (primary N) is 1. The third-order valence-corrected chi connectivity index (χ3v) is 2.65. The molecule has 0 heterocycles. The van der Waals surface area contributed by atoms with Crippen LogP contribution in [0.4, 0.5) is 11.4 Å². The Balaban J connectivity index is 2.65. The number of hydrogen-bond donors (Lipinski definition) is 2. The number of hydrogen-bond acceptors (Lipinski definition) is 4. The van der Waals surface area contributed by atoms with Gasteiger partial charge in [0.1, 0.15) is 11.4 Å². The molecule has 0 aromatic heterocycles. The Labute approximate surface area is 82.8 Å². The Hall–Kier alpha value is -1.32. The van der Waals surface area contributed by atoms with E-state index in [9.17, 15) is 9.59 Å². The molecule has 0 aliphatic carbocycles. The van der Waals surface area contributed by atoms with E-state index in [0.717, 1.165) is 6.42 Å². The molecule has 4 heteroatoms. The SMILES string of the molecule is CCC(C)(C)CNc1c(N)c(=O)c1=O. The van der Waals surface area contributed by atoms with Crippen LogP contribution in [-0.2, 0) is 0 Å². The smallest absolute Gasteiger partial charge is 0.253 e. The molecule has 1 aromatic carbocycles. The fraction of sp³-hybridized carbons (Fsp3) is 0.600. The highest BCUT2D eigenvalue weighted by Gasteiger charge is 2.21. The molecular formula is C10H16N2O2. The molecular weight excluding hydrogens is 180 g/mol. The van der Waals surface area contributed by atoms with Gasteiger partial charge in [-0.1, -0.05) is 20.8 Å². The van der Waals surface area contributed by atoms with Crippen LogP contribution in [0.1, 0.15) is 27.2 Å². The van der Waals surface area contributed by atoms with E-state index in [1.165, 1.54) is 0 Å². The minimum absolute atomic E-state index is 0.0712. The summed E-state index contributed by atoms with van der Waals surface area (Å²) in [4.78, 5) is 21.8. The van der Waals surface area contributed by atoms with Gasteiger partial charge >= 0.3 is 0 Å². The lowest BCUT2D eigenvalue weighted by Crippen LogP contribution is -2.38. The van der Waals surface area contributed by atoms with Gasteiger partial charge in [0, 0.05) is 6.54 Å². The average molecular weight is 196 g/mol. The summed E-state index contributed by atoms with van der Waals surface area (Å²) >= 11 is 0. The van der Waals surface area contributed by atoms with Crippen LogP contribution >= 0.6 is 0 Å². The molecule has 4 nitrogen and oxygen atoms in total. The summed E-state index contributed by atoms with van der Waals surface area (Å²) < 4.78 is 0. The highest BCUT2D eigenvalue weighted by atomic mass is 16.2. The van der Waals surface area contributed by atoms with Gasteiger partial charge in [-0.05, 0) is 11.8 Å². The average Bonchev–Trinajstić information content (AvgIpc) is 2.17. The van der Waals surface area contributed by atoms with Crippen LogP contribution in [0, 0.1) is 5.41 Å². The minimum Gasteiger partial charge on any atom is -0.394 e. The molecule has 0 saturated carbocycles. The molecule has 1 rings (SSSR count). The zero-order valence-corrected chi connectivity index (χ0v) is 8.81. The van der Waals surface area contributed by atoms with Crippen LogP contribution in [0.2, 0.25) is 0 Å². The van der Waals surface area contributed by atoms with Crippen molar-refractivity contribution in [3.05, 3.63) is 20.4 Å². The van der Waals surface area contributed by atoms with Gasteiger partial charge in [0.15, 0.2) is 0 Å². The van der Waals surface area contributed by atoms with Crippen molar-refractivity contribution in [3.8, 4) is 0 Å². The zero-order valence-electron chi connectivity index (χ0n) is 8.81. The third kappa shape index (κ3) is 1.78. The van der Waals surface area contributed by atoms with Crippen molar-refractivity contribution in [2.45, 2.75) is 27.2 Å². The summed E-state index contributed by atoms with van der Waals surface area (Å²) in [6, 6.07) is 0. The molecule has 1 aromatic rings. The van der Waals surface area contributed by atoms with E-state index in [2.05, 4.69) is 26.1 Å². The molecule has 0 aliphatic heterocycles. The van der Waals surface area contributed by atoms with Crippen molar-refractivity contribution in [2.24, 2.45) is 5.41 Å². The van der Waals surface area contributed by atoms with Gasteiger partial charge in [0.2, 0.25) is 0 Å². The van der Waals surface area contributed by atoms with Crippen LogP contribution < -0.4 is 21.9 Å². The third-order valence-electron chi connectivity index (χ3n) is 2.65. The number of rotatable bonds is 4. The second-order valence-electron chi connectivity index (χ2n) is 4.32. The summed E-state index contributed by atoms with van der Waals surface area (Å²) in [6.07, 6.45) is 0.995. The summed E-state index contributed by atoms with van der Waals surface area (Å²) in [6.45, 7) is 6.90. The molecule has 0 unspecified atom stereocenters. The Kier molecular flexibility index (Phi) is 2.64. The maximum atomic E-state index is 11.0. The van der Waals surface area contributed by atoms with Crippen molar-refractivity contribution >= 4 is 11.4 Å². The largest absolute Gasteiger partial charge is 0.394 e. The highest BCUT2D eigenvalue weighted by Crippen LogP contribution is 2.20. The molecule has 0 bridgehead atoms. The monoisotopic (exact) mass is 196 g/mol. The van der Waals surface area contributed by atoms with E-state index in [4.69, 9.17) is 5.73 Å². The second kappa shape index (κ2) is 3.44. The van der Waals surface area contributed by atoms with Gasteiger partial charge in [0.25, 0.3) is 10.9 Å². The topological polar surface area (TPSA) is 72.2 Å². The lowest BCUT2D eigenvalue weighted by Gasteiger charge is -2.24. The predicted octanol–water partition coefficient (Wildman–Crippen LogP) is 0.713. The highest BCUT2D eigenvalue weighted by molar-refractivity contribution is 5.71. The van der Waals surface area contributed by atoms with E-state index in [0.29, 0.717) is 6.54 Å². The Bertz CT molecular complexity index is 400. The van der Waals surface area contributed by atoms with Crippen molar-refractivity contribution in [1.29, 1.82) is 0 Å². The van der Waals surface area contributed by atoms with Gasteiger partial charge in [-0.15, -0.1) is 0 Å². The van der Waals surface area contributed by atoms with Crippen LogP contribution in [0.5, 0.6) is 0 Å². The van der Waals surface area contributed by atoms with E-state index in [1.54, 1.807) is 0 Å². The first kappa shape index (κ1) is 10.8. The zero-order chi connectivity index (χ0) is 10.9. The lowest BCUT2D eigenvalue weighted by atomic mass is 9.90. The summed E-state index contributed by atoms with van der Waals surface area (Å²) in [5.41, 5.74) is 4.78. The summed E-state index contributed by atoms with van der Waals surface area (Å²) in [5, 5.41) is 2.92. The molecule has 0 atom stereocenters. The maximum absolute atomic E-state index is 11.0. The normalized spacial score (nSPS) is 11.9. The number of anilines is 2. The Morgan fingerprint density at radius 3 is 2.29 bits per heavy atom. The summed E-state index contributed by atoms with van der Waals surface area (Å²) in [7, 11) is 0. The summed E-state index contributed by atoms with van der Waals surface area (Å²) in [5.74, 6) is 0. The lowest BCUT2D eigenvalue weighted by molar-refractivity contribution is 0.377. The number of nitrogen functional groups attached to an aromatic ring is 1. The van der Waals surface area contributed by atoms with Crippen LogP contribution in [0.15, 0.2) is 9.59 Å². The molecule has 14 heavy (non-hydrogen) atoms. The van der Waals surface area contributed by atoms with E-state index in [1.807, 2.05) is 0 Å². The Morgan fingerprint density at radius 1 is 1.29 bits per heavy atom. The van der Waals surface area contributed by atoms with Gasteiger partial charge in [0.05, 0.1) is 0 Å². The first-order chi connectivity index (χ1) is 6.39. The van der Waals surface area contributed by atoms with Crippen LogP contribution in [-0.4, -0.2) is 6.54 Å². The molecule has 78 valence electrons. The van der Waals surface area contributed by atoms with E-state index < -0.39 is 10.9 Å². The molecule has 0 saturated heterocycles. The van der Waals surface area contributed by atoms with Gasteiger partial charge in [-0.3, -0.25) is 9.59 Å². The molecule has 0 radical (unpaired) electrons. The van der Waals surface area contributed by atoms with Gasteiger partial charge < -0.3 is 11.1 Å². The second-order valence-corrected chi connectivity index (χ2v) is 4.32. The maximum Gasteiger partial charge on any atom is 0.253 e. The fourth-order valence-electron chi connectivity index (χ4n) is 1.04. The van der Waals surface area contributed by atoms with E-state index >= 15 is 0 Å². The van der Waals surface area contributed by atoms with Crippen LogP contribution in [0.25, 0.3) is 0 Å². The van der Waals surface area contributed by atoms with Crippen molar-refractivity contribution in [3.63, 3.8) is 0 Å². The quantitative estimate of drug-likeness (QED) is 0.696. The van der Waals surface area contributed by atoms with Gasteiger partial charge in [-0.25, -0.2) is 0 Å². The molecule has 0 spiro atoms. The van der Waals surface area contributed by atoms with E-state index in [-0.39, 0.29) is 16.8 Å². The Morgan fingerprint density at radius 2 is 1.86 bits per heavy atom. The van der Waals surface area contributed by atoms with Crippen molar-refractivity contribution in [1.82, 2.24) is 0 Å². The predicted molar refractivity (Wildman–Crippen MR) is 58.3 cm³/mol. The van der Waals surface area contributed by atoms with Gasteiger partial charge in [-0.2, -0.15) is 0 Å². The minimum atomic E-state index is -0.568. The standard InChI is InChI=1S/C10H16N2O2/c1-4-10(2,3)5-12-7-6(11)8(13)9(7)14/h12H,4-5,11H2,1-3H3. The first-order valence-electron chi connectivity index (χ1n) is 4.71. The molecule has 0 amide bonds. The molecule has 0 fully saturated rings. The fourth-order valence-corrected chi connectivity index (χ4v) is 1.04. The van der Waals surface area contributed by atoms with Crippen molar-refractivity contribution < 1.29 is 0 Å². The van der Waals surface area contributed by atoms with Crippen molar-refractivity contribution in [2.75, 3.05) is 17.6 Å². The first-order valence-corrected chi connectivity index (χ1v) is 4.71. The number of nitrogens with one attached hydrogen (secondary N) is 1. The molecule has 3 N–H and O–H groups in total. The molecule has 0 aliphatic rings.